The van der Waals surface area contributed by atoms with Crippen LogP contribution in [0.5, 0.6) is 0 Å². The van der Waals surface area contributed by atoms with Gasteiger partial charge in [0.2, 0.25) is 5.95 Å². The molecule has 0 saturated heterocycles. The Labute approximate surface area is 96.5 Å². The van der Waals surface area contributed by atoms with Gasteiger partial charge in [-0.3, -0.25) is 4.90 Å². The van der Waals surface area contributed by atoms with Crippen LogP contribution in [0, 0.1) is 6.92 Å². The third-order valence-corrected chi connectivity index (χ3v) is 2.36. The average molecular weight is 224 g/mol. The molecule has 0 atom stereocenters. The molecule has 0 saturated carbocycles. The highest BCUT2D eigenvalue weighted by molar-refractivity contribution is 5.23. The first-order valence-electron chi connectivity index (χ1n) is 5.62. The maximum absolute atomic E-state index is 8.83. The summed E-state index contributed by atoms with van der Waals surface area (Å²) in [6.07, 6.45) is 3.58. The van der Waals surface area contributed by atoms with Gasteiger partial charge in [0.15, 0.2) is 0 Å². The van der Waals surface area contributed by atoms with E-state index in [0.717, 1.165) is 25.2 Å². The van der Waals surface area contributed by atoms with E-state index >= 15 is 0 Å². The first kappa shape index (κ1) is 12.9. The Morgan fingerprint density at radius 2 is 2.00 bits per heavy atom. The molecule has 0 aliphatic rings. The van der Waals surface area contributed by atoms with Gasteiger partial charge in [0.25, 0.3) is 0 Å². The lowest BCUT2D eigenvalue weighted by molar-refractivity contribution is 0.206. The quantitative estimate of drug-likeness (QED) is 0.706. The first-order chi connectivity index (χ1) is 7.76. The second-order valence-corrected chi connectivity index (χ2v) is 3.67. The number of aryl methyl sites for hydroxylation is 1. The van der Waals surface area contributed by atoms with Gasteiger partial charge in [-0.2, -0.15) is 0 Å². The van der Waals surface area contributed by atoms with Crippen LogP contribution < -0.4 is 5.32 Å². The second kappa shape index (κ2) is 7.14. The van der Waals surface area contributed by atoms with Crippen molar-refractivity contribution in [2.45, 2.75) is 13.8 Å². The van der Waals surface area contributed by atoms with Crippen molar-refractivity contribution in [2.75, 3.05) is 38.1 Å². The summed E-state index contributed by atoms with van der Waals surface area (Å²) in [6.45, 7) is 7.58. The standard InChI is InChI=1S/C11H20N4O/c1-3-15(6-7-16)5-4-12-11-13-8-10(2)9-14-11/h8-9,16H,3-7H2,1-2H3,(H,12,13,14). The zero-order valence-electron chi connectivity index (χ0n) is 9.98. The highest BCUT2D eigenvalue weighted by Crippen LogP contribution is 1.97. The Kier molecular flexibility index (Phi) is 5.74. The number of aliphatic hydroxyl groups is 1. The van der Waals surface area contributed by atoms with E-state index in [1.165, 1.54) is 0 Å². The maximum atomic E-state index is 8.83. The second-order valence-electron chi connectivity index (χ2n) is 3.67. The number of aromatic nitrogens is 2. The molecule has 0 aliphatic carbocycles. The minimum atomic E-state index is 0.203. The van der Waals surface area contributed by atoms with E-state index < -0.39 is 0 Å². The van der Waals surface area contributed by atoms with Crippen LogP contribution in [-0.2, 0) is 0 Å². The Hall–Kier alpha value is -1.20. The third kappa shape index (κ3) is 4.55. The van der Waals surface area contributed by atoms with Crippen molar-refractivity contribution in [1.82, 2.24) is 14.9 Å². The summed E-state index contributed by atoms with van der Waals surface area (Å²) in [6, 6.07) is 0. The van der Waals surface area contributed by atoms with Gasteiger partial charge in [-0.15, -0.1) is 0 Å². The SMILES string of the molecule is CCN(CCO)CCNc1ncc(C)cn1. The van der Waals surface area contributed by atoms with Crippen LogP contribution in [0.15, 0.2) is 12.4 Å². The van der Waals surface area contributed by atoms with Crippen LogP contribution in [0.1, 0.15) is 12.5 Å². The number of likely N-dealkylation sites (N-methyl/N-ethyl adjacent to an activating group) is 1. The molecule has 1 rings (SSSR count). The van der Waals surface area contributed by atoms with E-state index in [-0.39, 0.29) is 6.61 Å². The fraction of sp³-hybridized carbons (Fsp3) is 0.636. The summed E-state index contributed by atoms with van der Waals surface area (Å²) in [4.78, 5) is 10.5. The Balaban J connectivity index is 2.26. The van der Waals surface area contributed by atoms with Crippen LogP contribution in [0.25, 0.3) is 0 Å². The van der Waals surface area contributed by atoms with Crippen molar-refractivity contribution in [1.29, 1.82) is 0 Å². The summed E-state index contributed by atoms with van der Waals surface area (Å²) >= 11 is 0. The highest BCUT2D eigenvalue weighted by atomic mass is 16.3. The summed E-state index contributed by atoms with van der Waals surface area (Å²) in [5.41, 5.74) is 1.06. The van der Waals surface area contributed by atoms with E-state index in [1.54, 1.807) is 12.4 Å². The molecule has 0 radical (unpaired) electrons. The molecule has 0 unspecified atom stereocenters. The van der Waals surface area contributed by atoms with E-state index in [0.29, 0.717) is 12.5 Å². The normalized spacial score (nSPS) is 10.8. The zero-order chi connectivity index (χ0) is 11.8. The minimum Gasteiger partial charge on any atom is -0.395 e. The molecule has 1 heterocycles. The molecule has 90 valence electrons. The summed E-state index contributed by atoms with van der Waals surface area (Å²) in [5, 5.41) is 12.0. The number of hydrogen-bond acceptors (Lipinski definition) is 5. The predicted molar refractivity (Wildman–Crippen MR) is 64.5 cm³/mol. The molecule has 2 N–H and O–H groups in total. The Morgan fingerprint density at radius 1 is 1.31 bits per heavy atom. The van der Waals surface area contributed by atoms with Crippen LogP contribution >= 0.6 is 0 Å². The predicted octanol–water partition coefficient (Wildman–Crippen LogP) is 0.511. The number of nitrogens with zero attached hydrogens (tertiary/aromatic N) is 3. The van der Waals surface area contributed by atoms with Crippen molar-refractivity contribution in [2.24, 2.45) is 0 Å². The molecule has 0 bridgehead atoms. The zero-order valence-corrected chi connectivity index (χ0v) is 9.98. The van der Waals surface area contributed by atoms with Crippen molar-refractivity contribution >= 4 is 5.95 Å². The van der Waals surface area contributed by atoms with Gasteiger partial charge in [-0.05, 0) is 19.0 Å². The van der Waals surface area contributed by atoms with Crippen molar-refractivity contribution < 1.29 is 5.11 Å². The lowest BCUT2D eigenvalue weighted by atomic mass is 10.4. The maximum Gasteiger partial charge on any atom is 0.222 e. The molecular formula is C11H20N4O. The number of hydrogen-bond donors (Lipinski definition) is 2. The van der Waals surface area contributed by atoms with Crippen LogP contribution in [0.3, 0.4) is 0 Å². The Morgan fingerprint density at radius 3 is 2.56 bits per heavy atom. The van der Waals surface area contributed by atoms with Gasteiger partial charge >= 0.3 is 0 Å². The monoisotopic (exact) mass is 224 g/mol. The summed E-state index contributed by atoms with van der Waals surface area (Å²) in [5.74, 6) is 0.658. The molecule has 5 nitrogen and oxygen atoms in total. The fourth-order valence-corrected chi connectivity index (χ4v) is 1.38. The van der Waals surface area contributed by atoms with Crippen LogP contribution in [-0.4, -0.2) is 52.8 Å². The lowest BCUT2D eigenvalue weighted by Crippen LogP contribution is -2.31. The smallest absolute Gasteiger partial charge is 0.222 e. The number of nitrogens with one attached hydrogen (secondary N) is 1. The molecular weight excluding hydrogens is 204 g/mol. The number of aliphatic hydroxyl groups excluding tert-OH is 1. The van der Waals surface area contributed by atoms with Crippen molar-refractivity contribution in [3.8, 4) is 0 Å². The van der Waals surface area contributed by atoms with E-state index in [9.17, 15) is 0 Å². The molecule has 1 aromatic heterocycles. The van der Waals surface area contributed by atoms with Gasteiger partial charge in [0.05, 0.1) is 6.61 Å². The van der Waals surface area contributed by atoms with Gasteiger partial charge in [-0.25, -0.2) is 9.97 Å². The van der Waals surface area contributed by atoms with Crippen molar-refractivity contribution in [3.05, 3.63) is 18.0 Å². The molecule has 1 aromatic rings. The third-order valence-electron chi connectivity index (χ3n) is 2.36. The lowest BCUT2D eigenvalue weighted by Gasteiger charge is -2.18. The molecule has 0 amide bonds. The number of anilines is 1. The fourth-order valence-electron chi connectivity index (χ4n) is 1.38. The molecule has 0 aromatic carbocycles. The molecule has 0 aliphatic heterocycles. The molecule has 0 spiro atoms. The van der Waals surface area contributed by atoms with Gasteiger partial charge in [0.1, 0.15) is 0 Å². The minimum absolute atomic E-state index is 0.203. The van der Waals surface area contributed by atoms with Gasteiger partial charge in [-0.1, -0.05) is 6.92 Å². The van der Waals surface area contributed by atoms with Gasteiger partial charge < -0.3 is 10.4 Å². The summed E-state index contributed by atoms with van der Waals surface area (Å²) < 4.78 is 0. The van der Waals surface area contributed by atoms with Gasteiger partial charge in [0, 0.05) is 32.0 Å². The van der Waals surface area contributed by atoms with E-state index in [2.05, 4.69) is 27.1 Å². The van der Waals surface area contributed by atoms with Crippen LogP contribution in [0.4, 0.5) is 5.95 Å². The summed E-state index contributed by atoms with van der Waals surface area (Å²) in [7, 11) is 0. The van der Waals surface area contributed by atoms with Crippen LogP contribution in [0.2, 0.25) is 0 Å². The first-order valence-corrected chi connectivity index (χ1v) is 5.62. The molecule has 5 heteroatoms. The average Bonchev–Trinajstić information content (AvgIpc) is 2.30. The largest absolute Gasteiger partial charge is 0.395 e. The van der Waals surface area contributed by atoms with Crippen molar-refractivity contribution in [3.63, 3.8) is 0 Å². The molecule has 0 fully saturated rings. The molecule has 16 heavy (non-hydrogen) atoms. The number of rotatable bonds is 7. The highest BCUT2D eigenvalue weighted by Gasteiger charge is 2.01. The Bertz CT molecular complexity index is 289. The van der Waals surface area contributed by atoms with E-state index in [1.807, 2.05) is 6.92 Å². The topological polar surface area (TPSA) is 61.3 Å². The van der Waals surface area contributed by atoms with E-state index in [4.69, 9.17) is 5.11 Å².